The van der Waals surface area contributed by atoms with Crippen molar-refractivity contribution < 1.29 is 5.11 Å². The zero-order valence-corrected chi connectivity index (χ0v) is 9.09. The molecule has 2 N–H and O–H groups in total. The van der Waals surface area contributed by atoms with E-state index in [4.69, 9.17) is 0 Å². The number of H-pyrrole nitrogens is 1. The van der Waals surface area contributed by atoms with Crippen LogP contribution in [0.4, 0.5) is 0 Å². The number of aliphatic hydroxyl groups is 1. The van der Waals surface area contributed by atoms with E-state index in [-0.39, 0.29) is 5.56 Å². The molecule has 0 radical (unpaired) electrons. The second-order valence-electron chi connectivity index (χ2n) is 4.37. The van der Waals surface area contributed by atoms with Crippen LogP contribution >= 0.6 is 0 Å². The second kappa shape index (κ2) is 3.58. The van der Waals surface area contributed by atoms with Gasteiger partial charge in [-0.2, -0.15) is 0 Å². The summed E-state index contributed by atoms with van der Waals surface area (Å²) in [5.41, 5.74) is 0.0110. The molecule has 0 atom stereocenters. The molecule has 1 aromatic rings. The fraction of sp³-hybridized carbons (Fsp3) is 0.545. The smallest absolute Gasteiger partial charge is 0.254 e. The Labute approximate surface area is 83.8 Å². The van der Waals surface area contributed by atoms with Gasteiger partial charge in [-0.05, 0) is 31.9 Å². The summed E-state index contributed by atoms with van der Waals surface area (Å²) < 4.78 is 0. The lowest BCUT2D eigenvalue weighted by atomic mass is 9.99. The van der Waals surface area contributed by atoms with Crippen LogP contribution in [0.25, 0.3) is 0 Å². The maximum absolute atomic E-state index is 11.6. The minimum absolute atomic E-state index is 0.205. The third-order valence-electron chi connectivity index (χ3n) is 2.21. The van der Waals surface area contributed by atoms with Crippen molar-refractivity contribution in [3.8, 4) is 0 Å². The standard InChI is InChI=1S/C11H17NO2/c1-7(2)9-6-5-8(10(13)12-9)11(3,4)14/h5-7,14H,1-4H3,(H,12,13). The molecule has 1 rings (SSSR count). The van der Waals surface area contributed by atoms with Crippen molar-refractivity contribution in [3.63, 3.8) is 0 Å². The minimum Gasteiger partial charge on any atom is -0.386 e. The molecule has 78 valence electrons. The number of aromatic nitrogens is 1. The van der Waals surface area contributed by atoms with E-state index in [2.05, 4.69) is 4.98 Å². The van der Waals surface area contributed by atoms with Gasteiger partial charge in [0.25, 0.3) is 5.56 Å². The van der Waals surface area contributed by atoms with Crippen LogP contribution in [-0.4, -0.2) is 10.1 Å². The first kappa shape index (κ1) is 11.0. The quantitative estimate of drug-likeness (QED) is 0.755. The maximum Gasteiger partial charge on any atom is 0.254 e. The van der Waals surface area contributed by atoms with E-state index in [1.54, 1.807) is 19.9 Å². The Morgan fingerprint density at radius 2 is 1.93 bits per heavy atom. The predicted molar refractivity (Wildman–Crippen MR) is 56.4 cm³/mol. The normalized spacial score (nSPS) is 12.1. The molecule has 14 heavy (non-hydrogen) atoms. The highest BCUT2D eigenvalue weighted by atomic mass is 16.3. The van der Waals surface area contributed by atoms with Gasteiger partial charge in [0, 0.05) is 11.3 Å². The summed E-state index contributed by atoms with van der Waals surface area (Å²) in [6.07, 6.45) is 0. The molecule has 0 aliphatic rings. The molecule has 0 spiro atoms. The monoisotopic (exact) mass is 195 g/mol. The molecule has 1 heterocycles. The number of pyridine rings is 1. The van der Waals surface area contributed by atoms with Gasteiger partial charge in [-0.15, -0.1) is 0 Å². The number of rotatable bonds is 2. The summed E-state index contributed by atoms with van der Waals surface area (Å²) in [4.78, 5) is 14.3. The molecule has 0 aliphatic heterocycles. The Morgan fingerprint density at radius 1 is 1.36 bits per heavy atom. The fourth-order valence-electron chi connectivity index (χ4n) is 1.31. The lowest BCUT2D eigenvalue weighted by Gasteiger charge is -2.17. The molecule has 3 nitrogen and oxygen atoms in total. The molecule has 1 aromatic heterocycles. The highest BCUT2D eigenvalue weighted by molar-refractivity contribution is 5.20. The summed E-state index contributed by atoms with van der Waals surface area (Å²) in [6.45, 7) is 7.23. The summed E-state index contributed by atoms with van der Waals surface area (Å²) in [5.74, 6) is 0.290. The van der Waals surface area contributed by atoms with E-state index < -0.39 is 5.60 Å². The summed E-state index contributed by atoms with van der Waals surface area (Å²) in [5, 5.41) is 9.68. The molecule has 0 saturated heterocycles. The van der Waals surface area contributed by atoms with Crippen molar-refractivity contribution in [3.05, 3.63) is 33.7 Å². The van der Waals surface area contributed by atoms with Crippen molar-refractivity contribution >= 4 is 0 Å². The van der Waals surface area contributed by atoms with Gasteiger partial charge < -0.3 is 10.1 Å². The van der Waals surface area contributed by atoms with Crippen molar-refractivity contribution in [2.75, 3.05) is 0 Å². The van der Waals surface area contributed by atoms with Crippen LogP contribution in [0.2, 0.25) is 0 Å². The summed E-state index contributed by atoms with van der Waals surface area (Å²) >= 11 is 0. The lowest BCUT2D eigenvalue weighted by molar-refractivity contribution is 0.0770. The van der Waals surface area contributed by atoms with Crippen molar-refractivity contribution in [1.82, 2.24) is 4.98 Å². The Hall–Kier alpha value is -1.09. The minimum atomic E-state index is -1.08. The first-order valence-corrected chi connectivity index (χ1v) is 4.78. The van der Waals surface area contributed by atoms with E-state index in [1.165, 1.54) is 0 Å². The molecule has 3 heteroatoms. The molecule has 0 amide bonds. The molecular weight excluding hydrogens is 178 g/mol. The molecule has 0 aromatic carbocycles. The summed E-state index contributed by atoms with van der Waals surface area (Å²) in [7, 11) is 0. The van der Waals surface area contributed by atoms with Gasteiger partial charge in [-0.25, -0.2) is 0 Å². The Bertz CT molecular complexity index is 372. The third-order valence-corrected chi connectivity index (χ3v) is 2.21. The van der Waals surface area contributed by atoms with Crippen molar-refractivity contribution in [1.29, 1.82) is 0 Å². The molecule has 0 bridgehead atoms. The Morgan fingerprint density at radius 3 is 2.29 bits per heavy atom. The zero-order chi connectivity index (χ0) is 10.9. The van der Waals surface area contributed by atoms with Gasteiger partial charge in [0.1, 0.15) is 0 Å². The summed E-state index contributed by atoms with van der Waals surface area (Å²) in [6, 6.07) is 3.54. The maximum atomic E-state index is 11.6. The van der Waals surface area contributed by atoms with Gasteiger partial charge >= 0.3 is 0 Å². The lowest BCUT2D eigenvalue weighted by Crippen LogP contribution is -2.27. The van der Waals surface area contributed by atoms with E-state index in [0.717, 1.165) is 5.69 Å². The number of aromatic amines is 1. The second-order valence-corrected chi connectivity index (χ2v) is 4.37. The van der Waals surface area contributed by atoms with E-state index in [9.17, 15) is 9.90 Å². The zero-order valence-electron chi connectivity index (χ0n) is 9.09. The Kier molecular flexibility index (Phi) is 2.81. The predicted octanol–water partition coefficient (Wildman–Crippen LogP) is 1.73. The van der Waals surface area contributed by atoms with Gasteiger partial charge in [0.15, 0.2) is 0 Å². The fourth-order valence-corrected chi connectivity index (χ4v) is 1.31. The average Bonchev–Trinajstić information content (AvgIpc) is 2.01. The van der Waals surface area contributed by atoms with E-state index >= 15 is 0 Å². The van der Waals surface area contributed by atoms with E-state index in [1.807, 2.05) is 19.9 Å². The Balaban J connectivity index is 3.22. The van der Waals surface area contributed by atoms with E-state index in [0.29, 0.717) is 11.5 Å². The van der Waals surface area contributed by atoms with Crippen LogP contribution in [-0.2, 0) is 5.60 Å². The molecular formula is C11H17NO2. The van der Waals surface area contributed by atoms with Gasteiger partial charge in [-0.1, -0.05) is 13.8 Å². The van der Waals surface area contributed by atoms with Crippen molar-refractivity contribution in [2.45, 2.75) is 39.2 Å². The largest absolute Gasteiger partial charge is 0.386 e. The van der Waals surface area contributed by atoms with Crippen LogP contribution in [0.3, 0.4) is 0 Å². The van der Waals surface area contributed by atoms with Gasteiger partial charge in [0.2, 0.25) is 0 Å². The first-order valence-electron chi connectivity index (χ1n) is 4.78. The average molecular weight is 195 g/mol. The van der Waals surface area contributed by atoms with Crippen LogP contribution < -0.4 is 5.56 Å². The SMILES string of the molecule is CC(C)c1ccc(C(C)(C)O)c(=O)[nH]1. The molecule has 0 fully saturated rings. The molecule has 0 saturated carbocycles. The van der Waals surface area contributed by atoms with Crippen LogP contribution in [0.15, 0.2) is 16.9 Å². The molecule has 0 unspecified atom stereocenters. The van der Waals surface area contributed by atoms with Crippen LogP contribution in [0.1, 0.15) is 44.9 Å². The topological polar surface area (TPSA) is 53.1 Å². The van der Waals surface area contributed by atoms with Gasteiger partial charge in [-0.3, -0.25) is 4.79 Å². The number of nitrogens with one attached hydrogen (secondary N) is 1. The van der Waals surface area contributed by atoms with Gasteiger partial charge in [0.05, 0.1) is 5.60 Å². The highest BCUT2D eigenvalue weighted by Crippen LogP contribution is 2.17. The first-order chi connectivity index (χ1) is 6.32. The van der Waals surface area contributed by atoms with Crippen LogP contribution in [0.5, 0.6) is 0 Å². The number of hydrogen-bond donors (Lipinski definition) is 2. The van der Waals surface area contributed by atoms with Crippen molar-refractivity contribution in [2.24, 2.45) is 0 Å². The highest BCUT2D eigenvalue weighted by Gasteiger charge is 2.19. The third kappa shape index (κ3) is 2.23. The van der Waals surface area contributed by atoms with Crippen LogP contribution in [0, 0.1) is 0 Å². The molecule has 0 aliphatic carbocycles. The number of hydrogen-bond acceptors (Lipinski definition) is 2.